The third-order valence-electron chi connectivity index (χ3n) is 4.70. The van der Waals surface area contributed by atoms with Gasteiger partial charge in [0.25, 0.3) is 5.91 Å². The minimum absolute atomic E-state index is 0.0961. The lowest BCUT2D eigenvalue weighted by Crippen LogP contribution is -2.49. The number of aromatic nitrogens is 1. The molecule has 0 spiro atoms. The highest BCUT2D eigenvalue weighted by Gasteiger charge is 2.25. The van der Waals surface area contributed by atoms with Gasteiger partial charge in [-0.2, -0.15) is 4.39 Å². The lowest BCUT2D eigenvalue weighted by atomic mass is 10.1. The molecule has 5 nitrogen and oxygen atoms in total. The van der Waals surface area contributed by atoms with Crippen LogP contribution in [-0.2, 0) is 0 Å². The highest BCUT2D eigenvalue weighted by molar-refractivity contribution is 5.93. The topological polar surface area (TPSA) is 45.7 Å². The monoisotopic (exact) mass is 343 g/mol. The Hall–Kier alpha value is -2.47. The summed E-state index contributed by atoms with van der Waals surface area (Å²) in [6.45, 7) is 5.03. The van der Waals surface area contributed by atoms with E-state index in [-0.39, 0.29) is 11.9 Å². The fraction of sp³-hybridized carbons (Fsp3) is 0.368. The number of hydrogen-bond acceptors (Lipinski definition) is 4. The average molecular weight is 343 g/mol. The van der Waals surface area contributed by atoms with E-state index < -0.39 is 5.95 Å². The molecule has 0 aliphatic carbocycles. The van der Waals surface area contributed by atoms with E-state index in [4.69, 9.17) is 4.74 Å². The molecule has 1 atom stereocenters. The molecule has 2 aromatic rings. The summed E-state index contributed by atoms with van der Waals surface area (Å²) in [6.07, 6.45) is 1.29. The predicted molar refractivity (Wildman–Crippen MR) is 93.1 cm³/mol. The maximum Gasteiger partial charge on any atom is 0.255 e. The van der Waals surface area contributed by atoms with Crippen LogP contribution < -0.4 is 4.74 Å². The number of halogens is 1. The number of piperazine rings is 1. The molecule has 0 bridgehead atoms. The van der Waals surface area contributed by atoms with E-state index in [1.807, 2.05) is 18.2 Å². The van der Waals surface area contributed by atoms with Gasteiger partial charge in [-0.25, -0.2) is 4.98 Å². The first-order chi connectivity index (χ1) is 12.1. The molecule has 0 radical (unpaired) electrons. The molecule has 3 rings (SSSR count). The Morgan fingerprint density at radius 2 is 1.96 bits per heavy atom. The summed E-state index contributed by atoms with van der Waals surface area (Å²) in [5.74, 6) is 0.177. The molecule has 132 valence electrons. The zero-order valence-corrected chi connectivity index (χ0v) is 14.5. The Morgan fingerprint density at radius 1 is 1.20 bits per heavy atom. The summed E-state index contributed by atoms with van der Waals surface area (Å²) in [5.41, 5.74) is 1.62. The van der Waals surface area contributed by atoms with Gasteiger partial charge in [-0.15, -0.1) is 0 Å². The van der Waals surface area contributed by atoms with Crippen LogP contribution in [0.4, 0.5) is 4.39 Å². The van der Waals surface area contributed by atoms with Gasteiger partial charge < -0.3 is 9.64 Å². The molecule has 0 N–H and O–H groups in total. The molecular formula is C19H22FN3O2. The third-order valence-corrected chi connectivity index (χ3v) is 4.70. The molecule has 1 aliphatic heterocycles. The fourth-order valence-corrected chi connectivity index (χ4v) is 3.11. The first-order valence-corrected chi connectivity index (χ1v) is 8.37. The average Bonchev–Trinajstić information content (AvgIpc) is 2.67. The quantitative estimate of drug-likeness (QED) is 0.801. The molecule has 1 saturated heterocycles. The van der Waals surface area contributed by atoms with Crippen LogP contribution in [0.3, 0.4) is 0 Å². The van der Waals surface area contributed by atoms with Crippen LogP contribution in [0.2, 0.25) is 0 Å². The Morgan fingerprint density at radius 3 is 2.60 bits per heavy atom. The molecule has 1 aromatic heterocycles. The highest BCUT2D eigenvalue weighted by atomic mass is 19.1. The highest BCUT2D eigenvalue weighted by Crippen LogP contribution is 2.25. The summed E-state index contributed by atoms with van der Waals surface area (Å²) >= 11 is 0. The summed E-state index contributed by atoms with van der Waals surface area (Å²) in [7, 11) is 1.67. The number of methoxy groups -OCH3 is 1. The van der Waals surface area contributed by atoms with Gasteiger partial charge in [0, 0.05) is 38.4 Å². The van der Waals surface area contributed by atoms with Crippen LogP contribution >= 0.6 is 0 Å². The molecule has 2 heterocycles. The number of rotatable bonds is 4. The maximum atomic E-state index is 12.9. The largest absolute Gasteiger partial charge is 0.497 e. The summed E-state index contributed by atoms with van der Waals surface area (Å²) in [4.78, 5) is 20.2. The van der Waals surface area contributed by atoms with E-state index in [9.17, 15) is 9.18 Å². The maximum absolute atomic E-state index is 12.9. The number of nitrogens with zero attached hydrogens (tertiary/aromatic N) is 3. The van der Waals surface area contributed by atoms with Crippen LogP contribution in [0.5, 0.6) is 5.75 Å². The van der Waals surface area contributed by atoms with Gasteiger partial charge in [0.1, 0.15) is 5.75 Å². The third kappa shape index (κ3) is 3.96. The second-order valence-corrected chi connectivity index (χ2v) is 6.15. The molecule has 0 saturated carbocycles. The Balaban J connectivity index is 1.61. The fourth-order valence-electron chi connectivity index (χ4n) is 3.11. The van der Waals surface area contributed by atoms with Gasteiger partial charge in [0.05, 0.1) is 12.7 Å². The van der Waals surface area contributed by atoms with Crippen LogP contribution in [0.1, 0.15) is 28.9 Å². The molecule has 6 heteroatoms. The number of pyridine rings is 1. The Labute approximate surface area is 147 Å². The molecular weight excluding hydrogens is 321 g/mol. The van der Waals surface area contributed by atoms with Gasteiger partial charge in [-0.05, 0) is 36.8 Å². The number of benzene rings is 1. The van der Waals surface area contributed by atoms with Gasteiger partial charge >= 0.3 is 0 Å². The zero-order chi connectivity index (χ0) is 17.8. The number of hydrogen-bond donors (Lipinski definition) is 0. The lowest BCUT2D eigenvalue weighted by molar-refractivity contribution is 0.0581. The number of carbonyl (C=O) groups is 1. The van der Waals surface area contributed by atoms with E-state index in [2.05, 4.69) is 22.9 Å². The zero-order valence-electron chi connectivity index (χ0n) is 14.5. The van der Waals surface area contributed by atoms with E-state index in [0.29, 0.717) is 18.7 Å². The van der Waals surface area contributed by atoms with E-state index >= 15 is 0 Å². The van der Waals surface area contributed by atoms with Crippen molar-refractivity contribution in [1.82, 2.24) is 14.8 Å². The predicted octanol–water partition coefficient (Wildman–Crippen LogP) is 2.75. The van der Waals surface area contributed by atoms with Crippen molar-refractivity contribution in [1.29, 1.82) is 0 Å². The number of carbonyl (C=O) groups excluding carboxylic acids is 1. The molecule has 1 amide bonds. The van der Waals surface area contributed by atoms with E-state index in [1.54, 1.807) is 12.0 Å². The molecule has 1 aromatic carbocycles. The van der Waals surface area contributed by atoms with Crippen molar-refractivity contribution in [3.63, 3.8) is 0 Å². The summed E-state index contributed by atoms with van der Waals surface area (Å²) < 4.78 is 18.2. The minimum Gasteiger partial charge on any atom is -0.497 e. The van der Waals surface area contributed by atoms with Crippen molar-refractivity contribution in [2.45, 2.75) is 13.0 Å². The molecule has 1 unspecified atom stereocenters. The summed E-state index contributed by atoms with van der Waals surface area (Å²) in [6, 6.07) is 11.0. The second kappa shape index (κ2) is 7.61. The van der Waals surface area contributed by atoms with Crippen LogP contribution in [0.25, 0.3) is 0 Å². The Bertz CT molecular complexity index is 728. The SMILES string of the molecule is COc1cccc(C(C)N2CCN(C(=O)c3ccc(F)nc3)CC2)c1. The van der Waals surface area contributed by atoms with Gasteiger partial charge in [0.15, 0.2) is 0 Å². The van der Waals surface area contributed by atoms with Crippen molar-refractivity contribution < 1.29 is 13.9 Å². The molecule has 1 aliphatic rings. The van der Waals surface area contributed by atoms with Gasteiger partial charge in [0.2, 0.25) is 5.95 Å². The van der Waals surface area contributed by atoms with Crippen molar-refractivity contribution >= 4 is 5.91 Å². The number of ether oxygens (including phenoxy) is 1. The van der Waals surface area contributed by atoms with Crippen molar-refractivity contribution in [2.75, 3.05) is 33.3 Å². The van der Waals surface area contributed by atoms with Gasteiger partial charge in [-0.3, -0.25) is 9.69 Å². The van der Waals surface area contributed by atoms with Gasteiger partial charge in [-0.1, -0.05) is 12.1 Å². The van der Waals surface area contributed by atoms with E-state index in [1.165, 1.54) is 23.9 Å². The van der Waals surface area contributed by atoms with Crippen LogP contribution in [-0.4, -0.2) is 54.0 Å². The normalized spacial score (nSPS) is 16.5. The van der Waals surface area contributed by atoms with Crippen molar-refractivity contribution in [2.24, 2.45) is 0 Å². The smallest absolute Gasteiger partial charge is 0.255 e. The first-order valence-electron chi connectivity index (χ1n) is 8.37. The van der Waals surface area contributed by atoms with E-state index in [0.717, 1.165) is 18.8 Å². The number of amides is 1. The minimum atomic E-state index is -0.575. The van der Waals surface area contributed by atoms with Crippen molar-refractivity contribution in [3.8, 4) is 5.75 Å². The first kappa shape index (κ1) is 17.4. The standard InChI is InChI=1S/C19H22FN3O2/c1-14(15-4-3-5-17(12-15)25-2)22-8-10-23(11-9-22)19(24)16-6-7-18(20)21-13-16/h3-7,12-14H,8-11H2,1-2H3. The lowest BCUT2D eigenvalue weighted by Gasteiger charge is -2.38. The van der Waals surface area contributed by atoms with Crippen LogP contribution in [0, 0.1) is 5.95 Å². The molecule has 25 heavy (non-hydrogen) atoms. The molecule has 1 fully saturated rings. The second-order valence-electron chi connectivity index (χ2n) is 6.15. The van der Waals surface area contributed by atoms with Crippen molar-refractivity contribution in [3.05, 3.63) is 59.7 Å². The summed E-state index contributed by atoms with van der Waals surface area (Å²) in [5, 5.41) is 0. The van der Waals surface area contributed by atoms with Crippen LogP contribution in [0.15, 0.2) is 42.6 Å². The Kier molecular flexibility index (Phi) is 5.28.